The fraction of sp³-hybridized carbons (Fsp3) is 0.529. The Morgan fingerprint density at radius 3 is 2.78 bits per heavy atom. The van der Waals surface area contributed by atoms with Gasteiger partial charge in [-0.3, -0.25) is 14.5 Å². The van der Waals surface area contributed by atoms with E-state index in [0.29, 0.717) is 13.1 Å². The number of amides is 2. The molecular weight excluding hydrogens is 310 g/mol. The van der Waals surface area contributed by atoms with Crippen molar-refractivity contribution in [2.45, 2.75) is 24.7 Å². The smallest absolute Gasteiger partial charge is 0.231 e. The molecule has 23 heavy (non-hydrogen) atoms. The molecule has 1 saturated heterocycles. The Balaban J connectivity index is 1.67. The molecule has 2 rings (SSSR count). The zero-order valence-corrected chi connectivity index (χ0v) is 14.4. The highest BCUT2D eigenvalue weighted by atomic mass is 32.2. The number of hydrogen-bond donors (Lipinski definition) is 2. The third-order valence-electron chi connectivity index (χ3n) is 3.95. The maximum absolute atomic E-state index is 12.2. The summed E-state index contributed by atoms with van der Waals surface area (Å²) in [6.45, 7) is 4.44. The highest BCUT2D eigenvalue weighted by Gasteiger charge is 2.26. The number of benzene rings is 1. The maximum atomic E-state index is 12.2. The Morgan fingerprint density at radius 1 is 1.35 bits per heavy atom. The van der Waals surface area contributed by atoms with Crippen molar-refractivity contribution in [1.82, 2.24) is 10.2 Å². The van der Waals surface area contributed by atoms with Crippen LogP contribution in [-0.2, 0) is 9.59 Å². The zero-order chi connectivity index (χ0) is 16.7. The molecule has 1 fully saturated rings. The van der Waals surface area contributed by atoms with E-state index in [2.05, 4.69) is 36.5 Å². The first-order valence-corrected chi connectivity index (χ1v) is 9.01. The molecular formula is C17H25N3O2S. The normalized spacial score (nSPS) is 18.6. The number of nitrogens with two attached hydrogens (primary N) is 1. The molecule has 0 saturated carbocycles. The summed E-state index contributed by atoms with van der Waals surface area (Å²) in [5.74, 6) is 0.573. The first kappa shape index (κ1) is 17.8. The second-order valence-electron chi connectivity index (χ2n) is 5.99. The van der Waals surface area contributed by atoms with Crippen molar-refractivity contribution in [3.05, 3.63) is 29.8 Å². The summed E-state index contributed by atoms with van der Waals surface area (Å²) in [7, 11) is 0. The van der Waals surface area contributed by atoms with Gasteiger partial charge in [-0.25, -0.2) is 0 Å². The van der Waals surface area contributed by atoms with Gasteiger partial charge in [0, 0.05) is 23.7 Å². The Hall–Kier alpha value is -1.53. The number of carbonyl (C=O) groups is 2. The molecule has 0 aromatic heterocycles. The van der Waals surface area contributed by atoms with E-state index in [9.17, 15) is 9.59 Å². The number of rotatable bonds is 7. The van der Waals surface area contributed by atoms with E-state index in [1.807, 2.05) is 4.90 Å². The van der Waals surface area contributed by atoms with Gasteiger partial charge in [0.2, 0.25) is 11.8 Å². The van der Waals surface area contributed by atoms with Gasteiger partial charge in [-0.15, -0.1) is 11.8 Å². The maximum Gasteiger partial charge on any atom is 0.231 e. The van der Waals surface area contributed by atoms with Crippen molar-refractivity contribution in [1.29, 1.82) is 0 Å². The summed E-state index contributed by atoms with van der Waals surface area (Å²) in [4.78, 5) is 26.4. The van der Waals surface area contributed by atoms with E-state index >= 15 is 0 Å². The molecule has 1 aromatic rings. The topological polar surface area (TPSA) is 75.4 Å². The molecule has 126 valence electrons. The fourth-order valence-electron chi connectivity index (χ4n) is 2.76. The zero-order valence-electron chi connectivity index (χ0n) is 13.6. The summed E-state index contributed by atoms with van der Waals surface area (Å²) >= 11 is 1.74. The summed E-state index contributed by atoms with van der Waals surface area (Å²) in [6.07, 6.45) is 1.82. The quantitative estimate of drug-likeness (QED) is 0.583. The van der Waals surface area contributed by atoms with Crippen LogP contribution in [0.2, 0.25) is 0 Å². The van der Waals surface area contributed by atoms with Crippen molar-refractivity contribution in [3.63, 3.8) is 0 Å². The number of hydrogen-bond acceptors (Lipinski definition) is 4. The molecule has 3 N–H and O–H groups in total. The minimum Gasteiger partial charge on any atom is -0.369 e. The van der Waals surface area contributed by atoms with Gasteiger partial charge < -0.3 is 11.1 Å². The largest absolute Gasteiger partial charge is 0.369 e. The predicted octanol–water partition coefficient (Wildman–Crippen LogP) is 1.40. The van der Waals surface area contributed by atoms with Crippen LogP contribution in [0.3, 0.4) is 0 Å². The van der Waals surface area contributed by atoms with Gasteiger partial charge in [0.15, 0.2) is 0 Å². The van der Waals surface area contributed by atoms with E-state index in [-0.39, 0.29) is 24.3 Å². The van der Waals surface area contributed by atoms with Crippen molar-refractivity contribution in [3.8, 4) is 0 Å². The molecule has 0 aliphatic carbocycles. The SMILES string of the molecule is Cc1ccc(SCCNC(=O)C2CCCN(CC(N)=O)C2)cc1. The highest BCUT2D eigenvalue weighted by Crippen LogP contribution is 2.18. The number of nitrogens with zero attached hydrogens (tertiary/aromatic N) is 1. The number of aryl methyl sites for hydroxylation is 1. The van der Waals surface area contributed by atoms with Crippen LogP contribution in [-0.4, -0.2) is 48.6 Å². The molecule has 0 bridgehead atoms. The molecule has 1 unspecified atom stereocenters. The van der Waals surface area contributed by atoms with Crippen LogP contribution in [0.25, 0.3) is 0 Å². The molecule has 0 radical (unpaired) electrons. The molecule has 1 atom stereocenters. The minimum atomic E-state index is -0.333. The van der Waals surface area contributed by atoms with Crippen LogP contribution in [0.15, 0.2) is 29.2 Å². The second kappa shape index (κ2) is 8.93. The number of piperidine rings is 1. The van der Waals surface area contributed by atoms with Crippen LogP contribution >= 0.6 is 11.8 Å². The average molecular weight is 335 g/mol. The van der Waals surface area contributed by atoms with Crippen LogP contribution in [0.4, 0.5) is 0 Å². The van der Waals surface area contributed by atoms with Gasteiger partial charge in [-0.2, -0.15) is 0 Å². The first-order chi connectivity index (χ1) is 11.0. The first-order valence-electron chi connectivity index (χ1n) is 8.02. The predicted molar refractivity (Wildman–Crippen MR) is 93.3 cm³/mol. The molecule has 1 aliphatic heterocycles. The Bertz CT molecular complexity index is 533. The van der Waals surface area contributed by atoms with E-state index < -0.39 is 0 Å². The van der Waals surface area contributed by atoms with Crippen molar-refractivity contribution >= 4 is 23.6 Å². The lowest BCUT2D eigenvalue weighted by atomic mass is 9.97. The number of carbonyl (C=O) groups excluding carboxylic acids is 2. The highest BCUT2D eigenvalue weighted by molar-refractivity contribution is 7.99. The van der Waals surface area contributed by atoms with Crippen LogP contribution in [0.1, 0.15) is 18.4 Å². The number of likely N-dealkylation sites (tertiary alicyclic amines) is 1. The third-order valence-corrected chi connectivity index (χ3v) is 4.96. The standard InChI is InChI=1S/C17H25N3O2S/c1-13-4-6-15(7-5-13)23-10-8-19-17(22)14-3-2-9-20(11-14)12-16(18)21/h4-7,14H,2-3,8-12H2,1H3,(H2,18,21)(H,19,22). The third kappa shape index (κ3) is 6.23. The summed E-state index contributed by atoms with van der Waals surface area (Å²) in [5, 5.41) is 3.01. The average Bonchev–Trinajstić information content (AvgIpc) is 2.52. The number of thioether (sulfide) groups is 1. The van der Waals surface area contributed by atoms with E-state index in [1.54, 1.807) is 11.8 Å². The lowest BCUT2D eigenvalue weighted by molar-refractivity contribution is -0.128. The fourth-order valence-corrected chi connectivity index (χ4v) is 3.52. The Kier molecular flexibility index (Phi) is 6.92. The van der Waals surface area contributed by atoms with Crippen LogP contribution in [0.5, 0.6) is 0 Å². The van der Waals surface area contributed by atoms with Gasteiger partial charge in [-0.1, -0.05) is 17.7 Å². The summed E-state index contributed by atoms with van der Waals surface area (Å²) in [5.41, 5.74) is 6.47. The lowest BCUT2D eigenvalue weighted by Gasteiger charge is -2.30. The van der Waals surface area contributed by atoms with Gasteiger partial charge in [-0.05, 0) is 38.4 Å². The Labute approximate surface area is 142 Å². The van der Waals surface area contributed by atoms with E-state index in [4.69, 9.17) is 5.73 Å². The van der Waals surface area contributed by atoms with Crippen molar-refractivity contribution in [2.24, 2.45) is 11.7 Å². The molecule has 1 heterocycles. The molecule has 1 aromatic carbocycles. The number of primary amides is 1. The van der Waals surface area contributed by atoms with Gasteiger partial charge >= 0.3 is 0 Å². The summed E-state index contributed by atoms with van der Waals surface area (Å²) in [6, 6.07) is 8.39. The molecule has 0 spiro atoms. The van der Waals surface area contributed by atoms with E-state index in [1.165, 1.54) is 10.5 Å². The van der Waals surface area contributed by atoms with Gasteiger partial charge in [0.05, 0.1) is 12.5 Å². The molecule has 2 amide bonds. The lowest BCUT2D eigenvalue weighted by Crippen LogP contribution is -2.46. The summed E-state index contributed by atoms with van der Waals surface area (Å²) < 4.78 is 0. The van der Waals surface area contributed by atoms with Crippen LogP contribution in [0, 0.1) is 12.8 Å². The number of nitrogens with one attached hydrogen (secondary N) is 1. The monoisotopic (exact) mass is 335 g/mol. The van der Waals surface area contributed by atoms with Crippen molar-refractivity contribution < 1.29 is 9.59 Å². The van der Waals surface area contributed by atoms with Crippen LogP contribution < -0.4 is 11.1 Å². The van der Waals surface area contributed by atoms with E-state index in [0.717, 1.165) is 25.1 Å². The second-order valence-corrected chi connectivity index (χ2v) is 7.16. The Morgan fingerprint density at radius 2 is 2.09 bits per heavy atom. The molecule has 6 heteroatoms. The molecule has 1 aliphatic rings. The van der Waals surface area contributed by atoms with Gasteiger partial charge in [0.25, 0.3) is 0 Å². The van der Waals surface area contributed by atoms with Gasteiger partial charge in [0.1, 0.15) is 0 Å². The molecule has 5 nitrogen and oxygen atoms in total. The van der Waals surface area contributed by atoms with Crippen molar-refractivity contribution in [2.75, 3.05) is 31.9 Å². The minimum absolute atomic E-state index is 0.0347.